The number of hydrogen-bond donors (Lipinski definition) is 0. The molecule has 0 fully saturated rings. The van der Waals surface area contributed by atoms with Crippen molar-refractivity contribution in [3.05, 3.63) is 0 Å². The fraction of sp³-hybridized carbons (Fsp3) is 0. The zero-order chi connectivity index (χ0) is 5.54. The summed E-state index contributed by atoms with van der Waals surface area (Å²) in [6.07, 6.45) is 0. The summed E-state index contributed by atoms with van der Waals surface area (Å²) in [7, 11) is 0. The SMILES string of the molecule is N#CS[B]SC#N. The van der Waals surface area contributed by atoms with E-state index in [-0.39, 0.29) is 0 Å². The third kappa shape index (κ3) is 5.74. The molecule has 0 unspecified atom stereocenters. The summed E-state index contributed by atoms with van der Waals surface area (Å²) in [5.74, 6) is 1.47. The van der Waals surface area contributed by atoms with E-state index in [0.29, 0.717) is 0 Å². The molecule has 0 aliphatic carbocycles. The molecule has 7 heavy (non-hydrogen) atoms. The van der Waals surface area contributed by atoms with Gasteiger partial charge < -0.3 is 0 Å². The first-order valence-corrected chi connectivity index (χ1v) is 3.09. The van der Waals surface area contributed by atoms with E-state index in [2.05, 4.69) is 0 Å². The fourth-order valence-electron chi connectivity index (χ4n) is 0.0671. The Morgan fingerprint density at radius 2 is 1.57 bits per heavy atom. The van der Waals surface area contributed by atoms with Crippen LogP contribution in [0.1, 0.15) is 0 Å². The van der Waals surface area contributed by atoms with Gasteiger partial charge in [-0.1, -0.05) is 23.2 Å². The third-order valence-electron chi connectivity index (χ3n) is 0.202. The van der Waals surface area contributed by atoms with Gasteiger partial charge in [-0.25, -0.2) is 0 Å². The maximum Gasteiger partial charge on any atom is 0.308 e. The van der Waals surface area contributed by atoms with Crippen molar-refractivity contribution in [1.29, 1.82) is 10.5 Å². The molecule has 0 aromatic heterocycles. The lowest BCUT2D eigenvalue weighted by molar-refractivity contribution is 1.57. The van der Waals surface area contributed by atoms with Crippen LogP contribution in [0.25, 0.3) is 0 Å². The van der Waals surface area contributed by atoms with Crippen molar-refractivity contribution >= 4 is 29.1 Å². The van der Waals surface area contributed by atoms with Crippen LogP contribution < -0.4 is 0 Å². The third-order valence-corrected chi connectivity index (χ3v) is 1.18. The number of thiocyanates is 2. The van der Waals surface area contributed by atoms with E-state index in [9.17, 15) is 0 Å². The van der Waals surface area contributed by atoms with Crippen LogP contribution in [0.4, 0.5) is 0 Å². The van der Waals surface area contributed by atoms with Gasteiger partial charge in [0.15, 0.2) is 0 Å². The Morgan fingerprint density at radius 1 is 1.14 bits per heavy atom. The highest BCUT2D eigenvalue weighted by Gasteiger charge is 1.85. The summed E-state index contributed by atoms with van der Waals surface area (Å²) in [5, 5.41) is 19.3. The van der Waals surface area contributed by atoms with Crippen molar-refractivity contribution in [2.45, 2.75) is 0 Å². The van der Waals surface area contributed by atoms with Crippen LogP contribution in [-0.2, 0) is 0 Å². The van der Waals surface area contributed by atoms with Crippen molar-refractivity contribution in [2.24, 2.45) is 0 Å². The zero-order valence-corrected chi connectivity index (χ0v) is 4.92. The summed E-state index contributed by atoms with van der Waals surface area (Å²) in [6.45, 7) is 0. The number of nitrogens with zero attached hydrogens (tertiary/aromatic N) is 2. The molecule has 0 saturated heterocycles. The maximum atomic E-state index is 7.85. The standard InChI is InChI=1S/C2BN2S2/c4-1-6-3-7-2-5. The Hall–Kier alpha value is -0.255. The molecule has 0 N–H and O–H groups in total. The van der Waals surface area contributed by atoms with Gasteiger partial charge in [0.1, 0.15) is 10.8 Å². The van der Waals surface area contributed by atoms with Crippen molar-refractivity contribution in [3.8, 4) is 10.8 Å². The number of nitriles is 2. The number of hydrogen-bond acceptors (Lipinski definition) is 4. The second-order valence-corrected chi connectivity index (χ2v) is 2.12. The minimum Gasteiger partial charge on any atom is -0.186 e. The summed E-state index contributed by atoms with van der Waals surface area (Å²) < 4.78 is 0. The molecule has 0 aliphatic heterocycles. The Balaban J connectivity index is 2.77. The highest BCUT2D eigenvalue weighted by Crippen LogP contribution is 2.02. The molecule has 0 heterocycles. The smallest absolute Gasteiger partial charge is 0.186 e. The Morgan fingerprint density at radius 3 is 1.86 bits per heavy atom. The highest BCUT2D eigenvalue weighted by molar-refractivity contribution is 8.53. The summed E-state index contributed by atoms with van der Waals surface area (Å²) in [6, 6.07) is 0. The molecule has 0 atom stereocenters. The van der Waals surface area contributed by atoms with E-state index in [4.69, 9.17) is 10.5 Å². The maximum absolute atomic E-state index is 7.85. The van der Waals surface area contributed by atoms with Crippen LogP contribution in [0.3, 0.4) is 0 Å². The van der Waals surface area contributed by atoms with Gasteiger partial charge in [-0.3, -0.25) is 0 Å². The summed E-state index contributed by atoms with van der Waals surface area (Å²) in [5.41, 5.74) is 0. The van der Waals surface area contributed by atoms with Gasteiger partial charge in [0, 0.05) is 0 Å². The molecule has 0 aliphatic rings. The topological polar surface area (TPSA) is 47.6 Å². The summed E-state index contributed by atoms with van der Waals surface area (Å²) >= 11 is 1.91. The first-order chi connectivity index (χ1) is 3.41. The van der Waals surface area contributed by atoms with E-state index in [1.807, 2.05) is 0 Å². The molecule has 1 radical (unpaired) electrons. The van der Waals surface area contributed by atoms with Crippen LogP contribution in [0.15, 0.2) is 0 Å². The zero-order valence-electron chi connectivity index (χ0n) is 3.29. The van der Waals surface area contributed by atoms with Crippen molar-refractivity contribution in [1.82, 2.24) is 0 Å². The van der Waals surface area contributed by atoms with Crippen LogP contribution in [-0.4, -0.2) is 5.84 Å². The molecule has 0 bridgehead atoms. The van der Waals surface area contributed by atoms with E-state index >= 15 is 0 Å². The largest absolute Gasteiger partial charge is 0.308 e. The average Bonchev–Trinajstić information content (AvgIpc) is 1.69. The second-order valence-electron chi connectivity index (χ2n) is 0.515. The van der Waals surface area contributed by atoms with Gasteiger partial charge in [-0.15, -0.1) is 0 Å². The minimum absolute atomic E-state index is 0.954. The Kier molecular flexibility index (Phi) is 5.54. The highest BCUT2D eigenvalue weighted by atomic mass is 32.2. The molecule has 2 nitrogen and oxygen atoms in total. The molecule has 0 amide bonds. The van der Waals surface area contributed by atoms with Gasteiger partial charge in [-0.05, 0) is 0 Å². The van der Waals surface area contributed by atoms with Gasteiger partial charge in [0.2, 0.25) is 0 Å². The van der Waals surface area contributed by atoms with E-state index in [0.717, 1.165) is 23.2 Å². The molecular weight excluding hydrogens is 127 g/mol. The first-order valence-electron chi connectivity index (χ1n) is 1.33. The van der Waals surface area contributed by atoms with Crippen molar-refractivity contribution in [3.63, 3.8) is 0 Å². The van der Waals surface area contributed by atoms with Crippen LogP contribution in [0, 0.1) is 21.3 Å². The predicted octanol–water partition coefficient (Wildman–Crippen LogP) is 0.949. The second kappa shape index (κ2) is 5.74. The fourth-order valence-corrected chi connectivity index (χ4v) is 0.604. The molecule has 33 valence electrons. The van der Waals surface area contributed by atoms with Gasteiger partial charge in [-0.2, -0.15) is 10.5 Å². The van der Waals surface area contributed by atoms with E-state index in [1.165, 1.54) is 5.84 Å². The minimum atomic E-state index is 0.954. The average molecular weight is 127 g/mol. The van der Waals surface area contributed by atoms with Gasteiger partial charge >= 0.3 is 5.84 Å². The molecule has 0 aromatic carbocycles. The van der Waals surface area contributed by atoms with Crippen LogP contribution in [0.2, 0.25) is 0 Å². The van der Waals surface area contributed by atoms with E-state index < -0.39 is 0 Å². The lowest BCUT2D eigenvalue weighted by atomic mass is 10.7. The Labute approximate surface area is 50.9 Å². The summed E-state index contributed by atoms with van der Waals surface area (Å²) in [4.78, 5) is 0. The molecule has 0 spiro atoms. The van der Waals surface area contributed by atoms with E-state index in [1.54, 1.807) is 10.8 Å². The molecule has 0 saturated carbocycles. The van der Waals surface area contributed by atoms with Crippen molar-refractivity contribution < 1.29 is 0 Å². The first kappa shape index (κ1) is 6.74. The molecular formula is C2BN2S2. The molecule has 0 aromatic rings. The lowest BCUT2D eigenvalue weighted by Crippen LogP contribution is -1.64. The molecule has 0 rings (SSSR count). The normalized spacial score (nSPS) is 6.00. The predicted molar refractivity (Wildman–Crippen MR) is 32.2 cm³/mol. The number of rotatable bonds is 2. The monoisotopic (exact) mass is 127 g/mol. The van der Waals surface area contributed by atoms with Crippen LogP contribution >= 0.6 is 23.2 Å². The Bertz CT molecular complexity index is 97.8. The van der Waals surface area contributed by atoms with Gasteiger partial charge in [0.25, 0.3) is 0 Å². The molecule has 5 heteroatoms. The van der Waals surface area contributed by atoms with Crippen LogP contribution in [0.5, 0.6) is 0 Å². The quantitative estimate of drug-likeness (QED) is 0.314. The van der Waals surface area contributed by atoms with Crippen molar-refractivity contribution in [2.75, 3.05) is 0 Å². The lowest BCUT2D eigenvalue weighted by Gasteiger charge is -1.70. The van der Waals surface area contributed by atoms with Gasteiger partial charge in [0.05, 0.1) is 0 Å².